The van der Waals surface area contributed by atoms with Gasteiger partial charge < -0.3 is 15.4 Å². The quantitative estimate of drug-likeness (QED) is 0.827. The summed E-state index contributed by atoms with van der Waals surface area (Å²) in [5, 5.41) is 5.54. The maximum atomic E-state index is 11.9. The molecule has 0 spiro atoms. The first-order valence-corrected chi connectivity index (χ1v) is 7.37. The Morgan fingerprint density at radius 1 is 1.48 bits per heavy atom. The number of rotatable bonds is 6. The fraction of sp³-hybridized carbons (Fsp3) is 0.500. The van der Waals surface area contributed by atoms with E-state index in [9.17, 15) is 9.59 Å². The van der Waals surface area contributed by atoms with E-state index in [2.05, 4.69) is 23.6 Å². The maximum Gasteiger partial charge on any atom is 0.242 e. The summed E-state index contributed by atoms with van der Waals surface area (Å²) in [5.74, 6) is 0.766. The van der Waals surface area contributed by atoms with Crippen LogP contribution in [0.1, 0.15) is 30.9 Å². The standard InChI is InChI=1S/C16H22N2O3/c1-3-12-10-11(4-6-14(12)21-2)8-9-17-16(20)13-5-7-15(19)18-13/h4,6,10,13H,3,5,7-9H2,1-2H3,(H,17,20)(H,18,19). The second-order valence-electron chi connectivity index (χ2n) is 5.20. The van der Waals surface area contributed by atoms with Gasteiger partial charge in [0.25, 0.3) is 0 Å². The van der Waals surface area contributed by atoms with E-state index >= 15 is 0 Å². The molecule has 0 radical (unpaired) electrons. The third-order valence-electron chi connectivity index (χ3n) is 3.75. The Morgan fingerprint density at radius 2 is 2.29 bits per heavy atom. The first-order chi connectivity index (χ1) is 10.1. The van der Waals surface area contributed by atoms with Crippen LogP contribution in [0.4, 0.5) is 0 Å². The van der Waals surface area contributed by atoms with Crippen molar-refractivity contribution >= 4 is 11.8 Å². The van der Waals surface area contributed by atoms with Crippen molar-refractivity contribution in [1.29, 1.82) is 0 Å². The highest BCUT2D eigenvalue weighted by Gasteiger charge is 2.26. The molecular formula is C16H22N2O3. The van der Waals surface area contributed by atoms with Crippen LogP contribution in [0.15, 0.2) is 18.2 Å². The van der Waals surface area contributed by atoms with E-state index in [-0.39, 0.29) is 17.9 Å². The number of aryl methyl sites for hydroxylation is 1. The van der Waals surface area contributed by atoms with E-state index in [0.29, 0.717) is 19.4 Å². The van der Waals surface area contributed by atoms with Gasteiger partial charge in [-0.3, -0.25) is 9.59 Å². The molecular weight excluding hydrogens is 268 g/mol. The molecule has 114 valence electrons. The molecule has 5 nitrogen and oxygen atoms in total. The Labute approximate surface area is 125 Å². The zero-order chi connectivity index (χ0) is 15.2. The first kappa shape index (κ1) is 15.4. The van der Waals surface area contributed by atoms with Crippen LogP contribution < -0.4 is 15.4 Å². The van der Waals surface area contributed by atoms with Crippen LogP contribution in [0.25, 0.3) is 0 Å². The highest BCUT2D eigenvalue weighted by Crippen LogP contribution is 2.20. The summed E-state index contributed by atoms with van der Waals surface area (Å²) in [6.45, 7) is 2.66. The number of amides is 2. The molecule has 0 aromatic heterocycles. The van der Waals surface area contributed by atoms with Crippen LogP contribution in [-0.4, -0.2) is 31.5 Å². The predicted octanol–water partition coefficient (Wildman–Crippen LogP) is 1.19. The molecule has 1 aromatic rings. The Hall–Kier alpha value is -2.04. The zero-order valence-corrected chi connectivity index (χ0v) is 12.6. The highest BCUT2D eigenvalue weighted by molar-refractivity contribution is 5.90. The third-order valence-corrected chi connectivity index (χ3v) is 3.75. The Morgan fingerprint density at radius 3 is 2.90 bits per heavy atom. The van der Waals surface area contributed by atoms with Gasteiger partial charge in [0.15, 0.2) is 0 Å². The van der Waals surface area contributed by atoms with E-state index < -0.39 is 0 Å². The summed E-state index contributed by atoms with van der Waals surface area (Å²) in [7, 11) is 1.67. The average Bonchev–Trinajstić information content (AvgIpc) is 2.93. The number of carbonyl (C=O) groups excluding carboxylic acids is 2. The summed E-state index contributed by atoms with van der Waals surface area (Å²) >= 11 is 0. The van der Waals surface area contributed by atoms with Gasteiger partial charge >= 0.3 is 0 Å². The summed E-state index contributed by atoms with van der Waals surface area (Å²) in [5.41, 5.74) is 2.34. The molecule has 0 saturated carbocycles. The number of ether oxygens (including phenoxy) is 1. The smallest absolute Gasteiger partial charge is 0.242 e. The van der Waals surface area contributed by atoms with Crippen molar-refractivity contribution in [2.24, 2.45) is 0 Å². The van der Waals surface area contributed by atoms with Crippen LogP contribution in [-0.2, 0) is 22.4 Å². The van der Waals surface area contributed by atoms with E-state index in [1.807, 2.05) is 12.1 Å². The maximum absolute atomic E-state index is 11.9. The summed E-state index contributed by atoms with van der Waals surface area (Å²) < 4.78 is 5.30. The van der Waals surface area contributed by atoms with Gasteiger partial charge in [0, 0.05) is 13.0 Å². The lowest BCUT2D eigenvalue weighted by atomic mass is 10.1. The van der Waals surface area contributed by atoms with Crippen molar-refractivity contribution in [2.75, 3.05) is 13.7 Å². The average molecular weight is 290 g/mol. The lowest BCUT2D eigenvalue weighted by molar-refractivity contribution is -0.125. The Kier molecular flexibility index (Phi) is 5.20. The number of nitrogens with one attached hydrogen (secondary N) is 2. The van der Waals surface area contributed by atoms with Crippen LogP contribution in [0.3, 0.4) is 0 Å². The highest BCUT2D eigenvalue weighted by atomic mass is 16.5. The Bertz CT molecular complexity index is 528. The SMILES string of the molecule is CCc1cc(CCNC(=O)C2CCC(=O)N2)ccc1OC. The predicted molar refractivity (Wildman–Crippen MR) is 80.3 cm³/mol. The number of hydrogen-bond acceptors (Lipinski definition) is 3. The lowest BCUT2D eigenvalue weighted by Gasteiger charge is -2.12. The second-order valence-corrected chi connectivity index (χ2v) is 5.20. The van der Waals surface area contributed by atoms with Gasteiger partial charge in [-0.1, -0.05) is 19.1 Å². The molecule has 1 saturated heterocycles. The molecule has 1 heterocycles. The molecule has 1 aromatic carbocycles. The largest absolute Gasteiger partial charge is 0.496 e. The van der Waals surface area contributed by atoms with Crippen molar-refractivity contribution in [3.63, 3.8) is 0 Å². The van der Waals surface area contributed by atoms with Gasteiger partial charge in [0.2, 0.25) is 11.8 Å². The molecule has 0 aliphatic carbocycles. The minimum Gasteiger partial charge on any atom is -0.496 e. The van der Waals surface area contributed by atoms with Crippen LogP contribution in [0.2, 0.25) is 0 Å². The number of hydrogen-bond donors (Lipinski definition) is 2. The van der Waals surface area contributed by atoms with Gasteiger partial charge in [0.05, 0.1) is 7.11 Å². The normalized spacial score (nSPS) is 17.4. The summed E-state index contributed by atoms with van der Waals surface area (Å²) in [6, 6.07) is 5.73. The molecule has 2 rings (SSSR count). The molecule has 1 unspecified atom stereocenters. The van der Waals surface area contributed by atoms with Gasteiger partial charge in [0.1, 0.15) is 11.8 Å². The van der Waals surface area contributed by atoms with Gasteiger partial charge in [-0.2, -0.15) is 0 Å². The van der Waals surface area contributed by atoms with Crippen molar-refractivity contribution in [1.82, 2.24) is 10.6 Å². The molecule has 21 heavy (non-hydrogen) atoms. The molecule has 1 aliphatic heterocycles. The number of methoxy groups -OCH3 is 1. The van der Waals surface area contributed by atoms with Crippen LogP contribution in [0, 0.1) is 0 Å². The molecule has 1 fully saturated rings. The van der Waals surface area contributed by atoms with Crippen LogP contribution in [0.5, 0.6) is 5.75 Å². The van der Waals surface area contributed by atoms with Crippen molar-refractivity contribution in [2.45, 2.75) is 38.6 Å². The third kappa shape index (κ3) is 3.97. The minimum atomic E-state index is -0.362. The van der Waals surface area contributed by atoms with Gasteiger partial charge in [-0.25, -0.2) is 0 Å². The number of benzene rings is 1. The monoisotopic (exact) mass is 290 g/mol. The molecule has 2 amide bonds. The molecule has 1 atom stereocenters. The van der Waals surface area contributed by atoms with Crippen molar-refractivity contribution in [3.8, 4) is 5.75 Å². The van der Waals surface area contributed by atoms with E-state index in [0.717, 1.165) is 18.6 Å². The van der Waals surface area contributed by atoms with E-state index in [4.69, 9.17) is 4.74 Å². The number of carbonyl (C=O) groups is 2. The van der Waals surface area contributed by atoms with Crippen molar-refractivity contribution < 1.29 is 14.3 Å². The first-order valence-electron chi connectivity index (χ1n) is 7.37. The van der Waals surface area contributed by atoms with Gasteiger partial charge in [-0.05, 0) is 36.5 Å². The van der Waals surface area contributed by atoms with E-state index in [1.54, 1.807) is 7.11 Å². The van der Waals surface area contributed by atoms with Crippen LogP contribution >= 0.6 is 0 Å². The fourth-order valence-corrected chi connectivity index (χ4v) is 2.53. The molecule has 5 heteroatoms. The summed E-state index contributed by atoms with van der Waals surface area (Å²) in [4.78, 5) is 22.9. The summed E-state index contributed by atoms with van der Waals surface area (Å²) in [6.07, 6.45) is 2.71. The fourth-order valence-electron chi connectivity index (χ4n) is 2.53. The Balaban J connectivity index is 1.83. The van der Waals surface area contributed by atoms with E-state index in [1.165, 1.54) is 11.1 Å². The molecule has 2 N–H and O–H groups in total. The minimum absolute atomic E-state index is 0.0436. The molecule has 0 bridgehead atoms. The second kappa shape index (κ2) is 7.11. The van der Waals surface area contributed by atoms with Gasteiger partial charge in [-0.15, -0.1) is 0 Å². The molecule has 1 aliphatic rings. The zero-order valence-electron chi connectivity index (χ0n) is 12.6. The van der Waals surface area contributed by atoms with Crippen molar-refractivity contribution in [3.05, 3.63) is 29.3 Å². The topological polar surface area (TPSA) is 67.4 Å². The lowest BCUT2D eigenvalue weighted by Crippen LogP contribution is -2.42.